The third-order valence-corrected chi connectivity index (χ3v) is 3.47. The monoisotopic (exact) mass is 271 g/mol. The van der Waals surface area contributed by atoms with E-state index in [0.29, 0.717) is 16.0 Å². The summed E-state index contributed by atoms with van der Waals surface area (Å²) >= 11 is 1.29. The number of ketones is 1. The van der Waals surface area contributed by atoms with Crippen LogP contribution < -0.4 is 0 Å². The van der Waals surface area contributed by atoms with Crippen LogP contribution in [0.15, 0.2) is 41.3 Å². The van der Waals surface area contributed by atoms with Crippen molar-refractivity contribution in [3.63, 3.8) is 0 Å². The zero-order valence-corrected chi connectivity index (χ0v) is 11.0. The zero-order chi connectivity index (χ0) is 13.8. The van der Waals surface area contributed by atoms with Crippen LogP contribution >= 0.6 is 11.3 Å². The van der Waals surface area contributed by atoms with Gasteiger partial charge in [-0.15, -0.1) is 11.3 Å². The summed E-state index contributed by atoms with van der Waals surface area (Å²) in [7, 11) is 0. The standard InChI is InChI=1S/C15H10FNOS/c1-10-7-11(4-5-13(10)16)8-12(9-17)15(18)14-3-2-6-19-14/h2-8H,1H3. The van der Waals surface area contributed by atoms with Crippen molar-refractivity contribution < 1.29 is 9.18 Å². The van der Waals surface area contributed by atoms with E-state index in [2.05, 4.69) is 0 Å². The van der Waals surface area contributed by atoms with Crippen molar-refractivity contribution in [3.8, 4) is 6.07 Å². The zero-order valence-electron chi connectivity index (χ0n) is 10.2. The second kappa shape index (κ2) is 5.59. The van der Waals surface area contributed by atoms with Gasteiger partial charge < -0.3 is 0 Å². The second-order valence-electron chi connectivity index (χ2n) is 3.98. The largest absolute Gasteiger partial charge is 0.287 e. The van der Waals surface area contributed by atoms with Crippen LogP contribution in [0.4, 0.5) is 4.39 Å². The number of thiophene rings is 1. The number of allylic oxidation sites excluding steroid dienone is 1. The normalized spacial score (nSPS) is 11.1. The third kappa shape index (κ3) is 2.95. The highest BCUT2D eigenvalue weighted by molar-refractivity contribution is 7.12. The van der Waals surface area contributed by atoms with Crippen LogP contribution in [0.5, 0.6) is 0 Å². The summed E-state index contributed by atoms with van der Waals surface area (Å²) in [4.78, 5) is 12.6. The molecule has 1 heterocycles. The van der Waals surface area contributed by atoms with E-state index in [0.717, 1.165) is 0 Å². The van der Waals surface area contributed by atoms with Crippen molar-refractivity contribution in [1.82, 2.24) is 0 Å². The molecule has 0 fully saturated rings. The minimum atomic E-state index is -0.306. The van der Waals surface area contributed by atoms with Gasteiger partial charge in [-0.25, -0.2) is 4.39 Å². The van der Waals surface area contributed by atoms with Gasteiger partial charge in [-0.2, -0.15) is 5.26 Å². The number of hydrogen-bond donors (Lipinski definition) is 0. The highest BCUT2D eigenvalue weighted by Gasteiger charge is 2.13. The van der Waals surface area contributed by atoms with Gasteiger partial charge in [0.1, 0.15) is 17.5 Å². The van der Waals surface area contributed by atoms with Gasteiger partial charge >= 0.3 is 0 Å². The molecule has 1 aromatic heterocycles. The number of carbonyl (C=O) groups excluding carboxylic acids is 1. The molecule has 2 aromatic rings. The molecule has 2 nitrogen and oxygen atoms in total. The molecule has 0 unspecified atom stereocenters. The molecule has 0 saturated heterocycles. The first-order valence-electron chi connectivity index (χ1n) is 5.58. The van der Waals surface area contributed by atoms with Gasteiger partial charge in [0.15, 0.2) is 0 Å². The van der Waals surface area contributed by atoms with Crippen LogP contribution in [0.25, 0.3) is 6.08 Å². The lowest BCUT2D eigenvalue weighted by Gasteiger charge is -2.00. The van der Waals surface area contributed by atoms with E-state index < -0.39 is 0 Å². The van der Waals surface area contributed by atoms with Gasteiger partial charge in [0.25, 0.3) is 0 Å². The van der Waals surface area contributed by atoms with E-state index in [4.69, 9.17) is 5.26 Å². The van der Waals surface area contributed by atoms with Crippen LogP contribution in [0, 0.1) is 24.1 Å². The first-order valence-corrected chi connectivity index (χ1v) is 6.46. The van der Waals surface area contributed by atoms with Crippen molar-refractivity contribution >= 4 is 23.2 Å². The Hall–Kier alpha value is -2.25. The fourth-order valence-corrected chi connectivity index (χ4v) is 2.29. The molecule has 0 atom stereocenters. The Labute approximate surface area is 114 Å². The maximum Gasteiger partial charge on any atom is 0.213 e. The number of hydrogen-bond acceptors (Lipinski definition) is 3. The summed E-state index contributed by atoms with van der Waals surface area (Å²) < 4.78 is 13.1. The van der Waals surface area contributed by atoms with Gasteiger partial charge in [-0.05, 0) is 47.7 Å². The lowest BCUT2D eigenvalue weighted by molar-refractivity contribution is 0.104. The Kier molecular flexibility index (Phi) is 3.88. The van der Waals surface area contributed by atoms with Crippen molar-refractivity contribution in [2.75, 3.05) is 0 Å². The van der Waals surface area contributed by atoms with E-state index >= 15 is 0 Å². The Morgan fingerprint density at radius 3 is 2.79 bits per heavy atom. The Balaban J connectivity index is 2.37. The van der Waals surface area contributed by atoms with Gasteiger partial charge in [0, 0.05) is 0 Å². The number of benzene rings is 1. The molecule has 4 heteroatoms. The number of aryl methyl sites for hydroxylation is 1. The number of carbonyl (C=O) groups is 1. The van der Waals surface area contributed by atoms with Gasteiger partial charge in [0.05, 0.1) is 4.88 Å². The minimum Gasteiger partial charge on any atom is -0.287 e. The SMILES string of the molecule is Cc1cc(C=C(C#N)C(=O)c2cccs2)ccc1F. The number of nitrogens with zero attached hydrogens (tertiary/aromatic N) is 1. The van der Waals surface area contributed by atoms with Crippen LogP contribution in [-0.2, 0) is 0 Å². The molecule has 2 rings (SSSR count). The molecule has 1 aromatic carbocycles. The summed E-state index contributed by atoms with van der Waals surface area (Å²) in [5.74, 6) is -0.611. The van der Waals surface area contributed by atoms with Crippen LogP contribution in [0.1, 0.15) is 20.8 Å². The molecule has 0 radical (unpaired) electrons. The molecule has 19 heavy (non-hydrogen) atoms. The maximum absolute atomic E-state index is 13.1. The molecule has 0 spiro atoms. The number of rotatable bonds is 3. The molecular formula is C15H10FNOS. The van der Waals surface area contributed by atoms with Crippen LogP contribution in [0.3, 0.4) is 0 Å². The minimum absolute atomic E-state index is 0.0495. The van der Waals surface area contributed by atoms with E-state index in [-0.39, 0.29) is 17.2 Å². The fourth-order valence-electron chi connectivity index (χ4n) is 1.61. The van der Waals surface area contributed by atoms with Gasteiger partial charge in [0.2, 0.25) is 5.78 Å². The first kappa shape index (κ1) is 13.2. The molecule has 0 saturated carbocycles. The predicted molar refractivity (Wildman–Crippen MR) is 73.4 cm³/mol. The molecule has 0 aliphatic heterocycles. The summed E-state index contributed by atoms with van der Waals surface area (Å²) in [5.41, 5.74) is 1.17. The Morgan fingerprint density at radius 2 is 2.21 bits per heavy atom. The van der Waals surface area contributed by atoms with Crippen molar-refractivity contribution in [3.05, 3.63) is 63.1 Å². The number of halogens is 1. The summed E-state index contributed by atoms with van der Waals surface area (Å²) in [5, 5.41) is 10.9. The molecule has 0 aliphatic rings. The maximum atomic E-state index is 13.1. The average Bonchev–Trinajstić information content (AvgIpc) is 2.93. The van der Waals surface area contributed by atoms with Gasteiger partial charge in [-0.1, -0.05) is 12.1 Å². The van der Waals surface area contributed by atoms with Crippen LogP contribution in [0.2, 0.25) is 0 Å². The third-order valence-electron chi connectivity index (χ3n) is 2.60. The molecule has 94 valence electrons. The van der Waals surface area contributed by atoms with E-state index in [1.165, 1.54) is 23.5 Å². The fraction of sp³-hybridized carbons (Fsp3) is 0.0667. The average molecular weight is 271 g/mol. The topological polar surface area (TPSA) is 40.9 Å². The highest BCUT2D eigenvalue weighted by Crippen LogP contribution is 2.17. The molecule has 0 aliphatic carbocycles. The molecule has 0 bridgehead atoms. The van der Waals surface area contributed by atoms with E-state index in [1.807, 2.05) is 6.07 Å². The Morgan fingerprint density at radius 1 is 1.42 bits per heavy atom. The number of Topliss-reactive ketones (excluding diaryl/α,β-unsaturated/α-hetero) is 1. The summed E-state index contributed by atoms with van der Waals surface area (Å²) in [6, 6.07) is 9.80. The van der Waals surface area contributed by atoms with Crippen molar-refractivity contribution in [2.24, 2.45) is 0 Å². The van der Waals surface area contributed by atoms with Crippen LogP contribution in [-0.4, -0.2) is 5.78 Å². The molecule has 0 amide bonds. The highest BCUT2D eigenvalue weighted by atomic mass is 32.1. The second-order valence-corrected chi connectivity index (χ2v) is 4.93. The lowest BCUT2D eigenvalue weighted by atomic mass is 10.1. The van der Waals surface area contributed by atoms with Crippen molar-refractivity contribution in [1.29, 1.82) is 5.26 Å². The quantitative estimate of drug-likeness (QED) is 0.481. The van der Waals surface area contributed by atoms with Gasteiger partial charge in [-0.3, -0.25) is 4.79 Å². The van der Waals surface area contributed by atoms with E-state index in [9.17, 15) is 9.18 Å². The number of nitriles is 1. The summed E-state index contributed by atoms with van der Waals surface area (Å²) in [6.45, 7) is 1.64. The lowest BCUT2D eigenvalue weighted by Crippen LogP contribution is -1.99. The first-order chi connectivity index (χ1) is 9.11. The Bertz CT molecular complexity index is 681. The molecular weight excluding hydrogens is 261 g/mol. The van der Waals surface area contributed by atoms with E-state index in [1.54, 1.807) is 36.6 Å². The predicted octanol–water partition coefficient (Wildman–Crippen LogP) is 3.99. The van der Waals surface area contributed by atoms with Crippen molar-refractivity contribution in [2.45, 2.75) is 6.92 Å². The summed E-state index contributed by atoms with van der Waals surface area (Å²) in [6.07, 6.45) is 1.48. The molecule has 0 N–H and O–H groups in total. The smallest absolute Gasteiger partial charge is 0.213 e.